The van der Waals surface area contributed by atoms with Gasteiger partial charge in [-0.05, 0) is 44.4 Å². The molecule has 0 bridgehead atoms. The van der Waals surface area contributed by atoms with Crippen LogP contribution in [0.5, 0.6) is 5.75 Å². The number of Topliss-reactive ketones (excluding diaryl/α,β-unsaturated/α-hetero) is 1. The standard InChI is InChI=1S/C20H30N2O3S/c1-15(21-22-19(24)14-20(3,4)26)13-17-8-10-18(11-9-17)25-12-6-5-7-16(2)23/h8-11,26H,5-7,12-14H2,1-4H3,(H,22,24)/b21-15+. The SMILES string of the molecule is CC(=O)CCCCOc1ccc(C/C(C)=N/NC(=O)CC(C)(C)S)cc1. The van der Waals surface area contributed by atoms with Gasteiger partial charge in [-0.3, -0.25) is 4.79 Å². The van der Waals surface area contributed by atoms with Gasteiger partial charge in [-0.25, -0.2) is 5.43 Å². The minimum Gasteiger partial charge on any atom is -0.494 e. The third-order valence-electron chi connectivity index (χ3n) is 3.54. The lowest BCUT2D eigenvalue weighted by atomic mass is 10.1. The minimum absolute atomic E-state index is 0.141. The quantitative estimate of drug-likeness (QED) is 0.265. The first-order chi connectivity index (χ1) is 12.2. The fraction of sp³-hybridized carbons (Fsp3) is 0.550. The molecule has 1 aromatic carbocycles. The molecule has 0 atom stereocenters. The smallest absolute Gasteiger partial charge is 0.241 e. The van der Waals surface area contributed by atoms with Crippen molar-refractivity contribution in [2.75, 3.05) is 6.61 Å². The van der Waals surface area contributed by atoms with Gasteiger partial charge in [0.25, 0.3) is 0 Å². The van der Waals surface area contributed by atoms with Crippen LogP contribution >= 0.6 is 12.6 Å². The summed E-state index contributed by atoms with van der Waals surface area (Å²) in [7, 11) is 0. The summed E-state index contributed by atoms with van der Waals surface area (Å²) in [4.78, 5) is 22.6. The molecule has 26 heavy (non-hydrogen) atoms. The summed E-state index contributed by atoms with van der Waals surface area (Å²) in [5.74, 6) is 0.894. The summed E-state index contributed by atoms with van der Waals surface area (Å²) in [6, 6.07) is 7.83. The van der Waals surface area contributed by atoms with E-state index in [0.717, 1.165) is 29.9 Å². The molecule has 144 valence electrons. The van der Waals surface area contributed by atoms with Crippen LogP contribution < -0.4 is 10.2 Å². The van der Waals surface area contributed by atoms with Crippen molar-refractivity contribution in [3.05, 3.63) is 29.8 Å². The Labute approximate surface area is 162 Å². The number of ether oxygens (including phenoxy) is 1. The molecule has 5 nitrogen and oxygen atoms in total. The van der Waals surface area contributed by atoms with Gasteiger partial charge in [-0.2, -0.15) is 17.7 Å². The van der Waals surface area contributed by atoms with E-state index in [4.69, 9.17) is 4.74 Å². The van der Waals surface area contributed by atoms with Crippen LogP contribution in [0.1, 0.15) is 58.9 Å². The highest BCUT2D eigenvalue weighted by atomic mass is 32.1. The molecule has 0 aliphatic heterocycles. The molecule has 0 radical (unpaired) electrons. The van der Waals surface area contributed by atoms with Crippen LogP contribution in [-0.2, 0) is 16.0 Å². The molecular formula is C20H30N2O3S. The van der Waals surface area contributed by atoms with Crippen molar-refractivity contribution in [1.82, 2.24) is 5.43 Å². The summed E-state index contributed by atoms with van der Waals surface area (Å²) in [6.45, 7) is 7.88. The Balaban J connectivity index is 2.37. The van der Waals surface area contributed by atoms with Gasteiger partial charge in [0.05, 0.1) is 6.61 Å². The second-order valence-electron chi connectivity index (χ2n) is 7.20. The maximum absolute atomic E-state index is 11.7. The number of nitrogens with zero attached hydrogens (tertiary/aromatic N) is 1. The Morgan fingerprint density at radius 3 is 2.38 bits per heavy atom. The molecule has 0 fully saturated rings. The van der Waals surface area contributed by atoms with E-state index in [1.165, 1.54) is 0 Å². The third-order valence-corrected chi connectivity index (χ3v) is 3.70. The van der Waals surface area contributed by atoms with E-state index in [9.17, 15) is 9.59 Å². The topological polar surface area (TPSA) is 67.8 Å². The number of nitrogens with one attached hydrogen (secondary N) is 1. The zero-order valence-electron chi connectivity index (χ0n) is 16.2. The summed E-state index contributed by atoms with van der Waals surface area (Å²) < 4.78 is 5.32. The molecule has 0 spiro atoms. The predicted molar refractivity (Wildman–Crippen MR) is 109 cm³/mol. The normalized spacial score (nSPS) is 12.0. The van der Waals surface area contributed by atoms with Crippen molar-refractivity contribution in [3.8, 4) is 5.75 Å². The van der Waals surface area contributed by atoms with E-state index in [1.54, 1.807) is 6.92 Å². The first-order valence-corrected chi connectivity index (χ1v) is 9.36. The van der Waals surface area contributed by atoms with Crippen LogP contribution in [0.2, 0.25) is 0 Å². The number of rotatable bonds is 11. The van der Waals surface area contributed by atoms with Crippen molar-refractivity contribution >= 4 is 30.0 Å². The van der Waals surface area contributed by atoms with Gasteiger partial charge in [-0.15, -0.1) is 0 Å². The Kier molecular flexibility index (Phi) is 9.41. The van der Waals surface area contributed by atoms with E-state index in [1.807, 2.05) is 45.0 Å². The number of ketones is 1. The van der Waals surface area contributed by atoms with Crippen LogP contribution in [0, 0.1) is 0 Å². The van der Waals surface area contributed by atoms with Crippen molar-refractivity contribution in [1.29, 1.82) is 0 Å². The van der Waals surface area contributed by atoms with Gasteiger partial charge in [-0.1, -0.05) is 26.0 Å². The zero-order valence-corrected chi connectivity index (χ0v) is 17.1. The number of carbonyl (C=O) groups is 2. The third kappa shape index (κ3) is 10.9. The second-order valence-corrected chi connectivity index (χ2v) is 8.41. The lowest BCUT2D eigenvalue weighted by Crippen LogP contribution is -2.26. The van der Waals surface area contributed by atoms with Gasteiger partial charge >= 0.3 is 0 Å². The predicted octanol–water partition coefficient (Wildman–Crippen LogP) is 3.96. The molecule has 6 heteroatoms. The number of benzene rings is 1. The highest BCUT2D eigenvalue weighted by Gasteiger charge is 2.16. The average Bonchev–Trinajstić information content (AvgIpc) is 2.52. The van der Waals surface area contributed by atoms with E-state index in [2.05, 4.69) is 23.2 Å². The van der Waals surface area contributed by atoms with Crippen molar-refractivity contribution in [2.45, 2.75) is 64.5 Å². The van der Waals surface area contributed by atoms with E-state index in [0.29, 0.717) is 25.9 Å². The number of hydrogen-bond donors (Lipinski definition) is 2. The molecule has 0 aromatic heterocycles. The fourth-order valence-corrected chi connectivity index (χ4v) is 2.44. The molecule has 0 heterocycles. The number of hydrazone groups is 1. The molecule has 1 aromatic rings. The van der Waals surface area contributed by atoms with Gasteiger partial charge < -0.3 is 9.53 Å². The Hall–Kier alpha value is -1.82. The first kappa shape index (κ1) is 22.2. The number of unbranched alkanes of at least 4 members (excludes halogenated alkanes) is 1. The summed E-state index contributed by atoms with van der Waals surface area (Å²) in [5.41, 5.74) is 4.49. The largest absolute Gasteiger partial charge is 0.494 e. The van der Waals surface area contributed by atoms with Crippen molar-refractivity contribution in [3.63, 3.8) is 0 Å². The maximum atomic E-state index is 11.7. The summed E-state index contributed by atoms with van der Waals surface area (Å²) in [5, 5.41) is 4.13. The molecule has 1 rings (SSSR count). The average molecular weight is 379 g/mol. The number of thiol groups is 1. The maximum Gasteiger partial charge on any atom is 0.241 e. The number of hydrogen-bond acceptors (Lipinski definition) is 5. The number of amides is 1. The summed E-state index contributed by atoms with van der Waals surface area (Å²) >= 11 is 4.34. The van der Waals surface area contributed by atoms with Crippen LogP contribution in [0.4, 0.5) is 0 Å². The monoisotopic (exact) mass is 378 g/mol. The van der Waals surface area contributed by atoms with Crippen molar-refractivity contribution in [2.24, 2.45) is 5.10 Å². The zero-order chi connectivity index (χ0) is 19.6. The lowest BCUT2D eigenvalue weighted by molar-refractivity contribution is -0.121. The highest BCUT2D eigenvalue weighted by molar-refractivity contribution is 7.81. The molecule has 0 saturated heterocycles. The van der Waals surface area contributed by atoms with Gasteiger partial charge in [0.2, 0.25) is 5.91 Å². The van der Waals surface area contributed by atoms with Gasteiger partial charge in [0, 0.05) is 29.7 Å². The van der Waals surface area contributed by atoms with E-state index >= 15 is 0 Å². The molecule has 0 aliphatic rings. The van der Waals surface area contributed by atoms with Crippen LogP contribution in [-0.4, -0.2) is 28.8 Å². The van der Waals surface area contributed by atoms with Crippen LogP contribution in [0.15, 0.2) is 29.4 Å². The molecule has 1 amide bonds. The Bertz CT molecular complexity index is 619. The Morgan fingerprint density at radius 1 is 1.15 bits per heavy atom. The van der Waals surface area contributed by atoms with E-state index < -0.39 is 0 Å². The Morgan fingerprint density at radius 2 is 1.81 bits per heavy atom. The first-order valence-electron chi connectivity index (χ1n) is 8.91. The van der Waals surface area contributed by atoms with Crippen LogP contribution in [0.25, 0.3) is 0 Å². The van der Waals surface area contributed by atoms with E-state index in [-0.39, 0.29) is 16.4 Å². The molecular weight excluding hydrogens is 348 g/mol. The molecule has 0 aliphatic carbocycles. The second kappa shape index (κ2) is 11.0. The minimum atomic E-state index is -0.352. The van der Waals surface area contributed by atoms with Crippen molar-refractivity contribution < 1.29 is 14.3 Å². The van der Waals surface area contributed by atoms with Gasteiger partial charge in [0.15, 0.2) is 0 Å². The number of carbonyl (C=O) groups excluding carboxylic acids is 2. The molecule has 0 saturated carbocycles. The molecule has 0 unspecified atom stereocenters. The lowest BCUT2D eigenvalue weighted by Gasteiger charge is -2.15. The van der Waals surface area contributed by atoms with Crippen LogP contribution in [0.3, 0.4) is 0 Å². The molecule has 1 N–H and O–H groups in total. The summed E-state index contributed by atoms with van der Waals surface area (Å²) in [6.07, 6.45) is 3.31. The highest BCUT2D eigenvalue weighted by Crippen LogP contribution is 2.16. The van der Waals surface area contributed by atoms with Gasteiger partial charge in [0.1, 0.15) is 11.5 Å². The fourth-order valence-electron chi connectivity index (χ4n) is 2.29.